The lowest BCUT2D eigenvalue weighted by atomic mass is 10.0. The van der Waals surface area contributed by atoms with Gasteiger partial charge in [-0.2, -0.15) is 0 Å². The van der Waals surface area contributed by atoms with Crippen LogP contribution in [-0.2, 0) is 4.79 Å². The monoisotopic (exact) mass is 376 g/mol. The molecule has 2 N–H and O–H groups in total. The highest BCUT2D eigenvalue weighted by Crippen LogP contribution is 2.21. The number of aliphatic imine (C=N–C) groups is 1. The second kappa shape index (κ2) is 11.1. The van der Waals surface area contributed by atoms with Crippen molar-refractivity contribution >= 4 is 23.6 Å². The van der Waals surface area contributed by atoms with Gasteiger partial charge in [0.2, 0.25) is 5.91 Å². The van der Waals surface area contributed by atoms with Crippen LogP contribution in [0.3, 0.4) is 0 Å². The van der Waals surface area contributed by atoms with Gasteiger partial charge in [0.25, 0.3) is 0 Å². The van der Waals surface area contributed by atoms with Crippen molar-refractivity contribution in [3.8, 4) is 0 Å². The van der Waals surface area contributed by atoms with Gasteiger partial charge in [-0.1, -0.05) is 25.1 Å². The fraction of sp³-hybridized carbons (Fsp3) is 0.600. The molecule has 26 heavy (non-hydrogen) atoms. The van der Waals surface area contributed by atoms with Crippen molar-refractivity contribution in [1.82, 2.24) is 15.5 Å². The molecule has 1 fully saturated rings. The zero-order chi connectivity index (χ0) is 18.8. The SMILES string of the molecule is CN=C(NCCC(=O)N1CCCCC1C)NCC(C)Sc1ccccc1. The van der Waals surface area contributed by atoms with E-state index in [0.717, 1.165) is 31.9 Å². The molecule has 1 saturated heterocycles. The molecule has 0 aromatic heterocycles. The lowest BCUT2D eigenvalue weighted by Gasteiger charge is -2.33. The Hall–Kier alpha value is -1.69. The van der Waals surface area contributed by atoms with Crippen LogP contribution in [0.15, 0.2) is 40.2 Å². The number of benzene rings is 1. The summed E-state index contributed by atoms with van der Waals surface area (Å²) in [5.74, 6) is 0.998. The summed E-state index contributed by atoms with van der Waals surface area (Å²) in [7, 11) is 1.76. The number of amides is 1. The average Bonchev–Trinajstić information content (AvgIpc) is 2.65. The number of guanidine groups is 1. The van der Waals surface area contributed by atoms with E-state index in [0.29, 0.717) is 24.3 Å². The van der Waals surface area contributed by atoms with Crippen LogP contribution in [0.25, 0.3) is 0 Å². The molecule has 1 amide bonds. The molecule has 1 aliphatic heterocycles. The van der Waals surface area contributed by atoms with Gasteiger partial charge in [0.15, 0.2) is 5.96 Å². The Morgan fingerprint density at radius 2 is 2.08 bits per heavy atom. The molecule has 0 radical (unpaired) electrons. The number of hydrogen-bond donors (Lipinski definition) is 2. The van der Waals surface area contributed by atoms with Crippen molar-refractivity contribution in [2.75, 3.05) is 26.7 Å². The largest absolute Gasteiger partial charge is 0.356 e. The van der Waals surface area contributed by atoms with Crippen molar-refractivity contribution < 1.29 is 4.79 Å². The first-order valence-electron chi connectivity index (χ1n) is 9.56. The minimum atomic E-state index is 0.244. The first kappa shape index (κ1) is 20.6. The van der Waals surface area contributed by atoms with Gasteiger partial charge < -0.3 is 15.5 Å². The van der Waals surface area contributed by atoms with Crippen LogP contribution in [0.4, 0.5) is 0 Å². The van der Waals surface area contributed by atoms with Gasteiger partial charge in [-0.3, -0.25) is 9.79 Å². The van der Waals surface area contributed by atoms with Crippen LogP contribution in [0.1, 0.15) is 39.5 Å². The standard InChI is InChI=1S/C20H32N4OS/c1-16-9-7-8-14-24(16)19(25)12-13-22-20(21-3)23-15-17(2)26-18-10-5-4-6-11-18/h4-6,10-11,16-17H,7-9,12-15H2,1-3H3,(H2,21,22,23). The molecule has 1 aliphatic rings. The molecule has 0 aliphatic carbocycles. The van der Waals surface area contributed by atoms with Gasteiger partial charge in [0.05, 0.1) is 0 Å². The lowest BCUT2D eigenvalue weighted by molar-refractivity contribution is -0.134. The molecule has 1 aromatic rings. The van der Waals surface area contributed by atoms with Gasteiger partial charge in [0.1, 0.15) is 0 Å². The van der Waals surface area contributed by atoms with E-state index in [4.69, 9.17) is 0 Å². The third-order valence-electron chi connectivity index (χ3n) is 4.62. The van der Waals surface area contributed by atoms with Crippen molar-refractivity contribution in [3.05, 3.63) is 30.3 Å². The Labute approximate surface area is 162 Å². The van der Waals surface area contributed by atoms with Gasteiger partial charge in [0, 0.05) is 49.3 Å². The maximum Gasteiger partial charge on any atom is 0.224 e. The van der Waals surface area contributed by atoms with Crippen molar-refractivity contribution in [1.29, 1.82) is 0 Å². The summed E-state index contributed by atoms with van der Waals surface area (Å²) in [6, 6.07) is 10.8. The third-order valence-corrected chi connectivity index (χ3v) is 5.73. The predicted molar refractivity (Wildman–Crippen MR) is 111 cm³/mol. The van der Waals surface area contributed by atoms with E-state index in [2.05, 4.69) is 53.7 Å². The molecule has 0 saturated carbocycles. The summed E-state index contributed by atoms with van der Waals surface area (Å²) in [6.07, 6.45) is 4.00. The number of hydrogen-bond acceptors (Lipinski definition) is 3. The van der Waals surface area contributed by atoms with Gasteiger partial charge >= 0.3 is 0 Å². The molecule has 2 rings (SSSR count). The first-order valence-corrected chi connectivity index (χ1v) is 10.4. The fourth-order valence-corrected chi connectivity index (χ4v) is 4.08. The van der Waals surface area contributed by atoms with E-state index < -0.39 is 0 Å². The Morgan fingerprint density at radius 3 is 2.77 bits per heavy atom. The number of carbonyl (C=O) groups is 1. The van der Waals surface area contributed by atoms with Gasteiger partial charge in [-0.25, -0.2) is 0 Å². The van der Waals surface area contributed by atoms with E-state index in [1.165, 1.54) is 11.3 Å². The normalized spacial score (nSPS) is 19.1. The molecule has 1 heterocycles. The van der Waals surface area contributed by atoms with E-state index in [-0.39, 0.29) is 5.91 Å². The molecule has 2 unspecified atom stereocenters. The van der Waals surface area contributed by atoms with Gasteiger partial charge in [-0.05, 0) is 38.3 Å². The van der Waals surface area contributed by atoms with Crippen LogP contribution in [0, 0.1) is 0 Å². The van der Waals surface area contributed by atoms with E-state index in [9.17, 15) is 4.79 Å². The summed E-state index contributed by atoms with van der Waals surface area (Å²) in [6.45, 7) is 6.68. The Balaban J connectivity index is 1.66. The summed E-state index contributed by atoms with van der Waals surface area (Å²) in [5, 5.41) is 7.02. The van der Waals surface area contributed by atoms with Crippen molar-refractivity contribution in [2.45, 2.75) is 55.7 Å². The summed E-state index contributed by atoms with van der Waals surface area (Å²) < 4.78 is 0. The molecule has 2 atom stereocenters. The minimum Gasteiger partial charge on any atom is -0.356 e. The van der Waals surface area contributed by atoms with Crippen LogP contribution in [0.5, 0.6) is 0 Å². The Kier molecular flexibility index (Phi) is 8.81. The lowest BCUT2D eigenvalue weighted by Crippen LogP contribution is -2.45. The highest BCUT2D eigenvalue weighted by molar-refractivity contribution is 8.00. The van der Waals surface area contributed by atoms with Crippen molar-refractivity contribution in [3.63, 3.8) is 0 Å². The topological polar surface area (TPSA) is 56.7 Å². The van der Waals surface area contributed by atoms with Gasteiger partial charge in [-0.15, -0.1) is 11.8 Å². The number of nitrogens with zero attached hydrogens (tertiary/aromatic N) is 2. The molecule has 0 bridgehead atoms. The zero-order valence-electron chi connectivity index (χ0n) is 16.2. The van der Waals surface area contributed by atoms with Crippen LogP contribution >= 0.6 is 11.8 Å². The number of carbonyl (C=O) groups excluding carboxylic acids is 1. The second-order valence-electron chi connectivity index (χ2n) is 6.80. The predicted octanol–water partition coefficient (Wildman–Crippen LogP) is 3.12. The fourth-order valence-electron chi connectivity index (χ4n) is 3.13. The summed E-state index contributed by atoms with van der Waals surface area (Å²) >= 11 is 1.84. The average molecular weight is 377 g/mol. The molecular weight excluding hydrogens is 344 g/mol. The number of likely N-dealkylation sites (tertiary alicyclic amines) is 1. The molecule has 144 valence electrons. The molecule has 6 heteroatoms. The Morgan fingerprint density at radius 1 is 1.31 bits per heavy atom. The van der Waals surface area contributed by atoms with Crippen LogP contribution in [-0.4, -0.2) is 54.7 Å². The third kappa shape index (κ3) is 6.90. The first-order chi connectivity index (χ1) is 12.6. The van der Waals surface area contributed by atoms with E-state index in [1.54, 1.807) is 7.05 Å². The molecular formula is C20H32N4OS. The summed E-state index contributed by atoms with van der Waals surface area (Å²) in [5.41, 5.74) is 0. The molecule has 1 aromatic carbocycles. The smallest absolute Gasteiger partial charge is 0.224 e. The number of piperidine rings is 1. The minimum absolute atomic E-state index is 0.244. The van der Waals surface area contributed by atoms with Crippen LogP contribution < -0.4 is 10.6 Å². The molecule has 5 nitrogen and oxygen atoms in total. The number of rotatable bonds is 7. The Bertz CT molecular complexity index is 578. The zero-order valence-corrected chi connectivity index (χ0v) is 17.0. The molecule has 0 spiro atoms. The number of nitrogens with one attached hydrogen (secondary N) is 2. The van der Waals surface area contributed by atoms with E-state index in [1.807, 2.05) is 22.7 Å². The second-order valence-corrected chi connectivity index (χ2v) is 8.32. The maximum atomic E-state index is 12.4. The summed E-state index contributed by atoms with van der Waals surface area (Å²) in [4.78, 5) is 19.9. The maximum absolute atomic E-state index is 12.4. The van der Waals surface area contributed by atoms with Crippen LogP contribution in [0.2, 0.25) is 0 Å². The number of thioether (sulfide) groups is 1. The quantitative estimate of drug-likeness (QED) is 0.436. The highest BCUT2D eigenvalue weighted by Gasteiger charge is 2.22. The van der Waals surface area contributed by atoms with E-state index >= 15 is 0 Å². The highest BCUT2D eigenvalue weighted by atomic mass is 32.2. The van der Waals surface area contributed by atoms with Crippen molar-refractivity contribution in [2.24, 2.45) is 4.99 Å².